The van der Waals surface area contributed by atoms with E-state index >= 15 is 0 Å². The highest BCUT2D eigenvalue weighted by Gasteiger charge is 2.10. The Labute approximate surface area is 161 Å². The summed E-state index contributed by atoms with van der Waals surface area (Å²) in [5.41, 5.74) is 1.68. The van der Waals surface area contributed by atoms with E-state index in [0.717, 1.165) is 5.56 Å². The highest BCUT2D eigenvalue weighted by Crippen LogP contribution is 2.30. The van der Waals surface area contributed by atoms with Crippen LogP contribution in [0.4, 0.5) is 10.3 Å². The van der Waals surface area contributed by atoms with E-state index in [2.05, 4.69) is 20.8 Å². The molecule has 0 aliphatic rings. The van der Waals surface area contributed by atoms with E-state index in [1.54, 1.807) is 17.8 Å². The SMILES string of the molecule is CCOc1cc(CNc2nnnn2C)ccc1OCc1ccc(F)cc1Cl. The van der Waals surface area contributed by atoms with Crippen molar-refractivity contribution < 1.29 is 13.9 Å². The maximum absolute atomic E-state index is 13.2. The summed E-state index contributed by atoms with van der Waals surface area (Å²) in [6.45, 7) is 3.13. The average Bonchev–Trinajstić information content (AvgIpc) is 3.05. The van der Waals surface area contributed by atoms with E-state index in [-0.39, 0.29) is 12.4 Å². The van der Waals surface area contributed by atoms with Crippen molar-refractivity contribution in [2.24, 2.45) is 7.05 Å². The lowest BCUT2D eigenvalue weighted by Gasteiger charge is -2.14. The van der Waals surface area contributed by atoms with E-state index in [1.807, 2.05) is 25.1 Å². The first kappa shape index (κ1) is 18.9. The van der Waals surface area contributed by atoms with Gasteiger partial charge in [0.25, 0.3) is 0 Å². The molecule has 9 heteroatoms. The lowest BCUT2D eigenvalue weighted by atomic mass is 10.2. The van der Waals surface area contributed by atoms with Gasteiger partial charge in [0.1, 0.15) is 12.4 Å². The molecule has 1 heterocycles. The molecule has 7 nitrogen and oxygen atoms in total. The molecular formula is C18H19ClFN5O2. The van der Waals surface area contributed by atoms with Gasteiger partial charge in [-0.05, 0) is 47.2 Å². The zero-order valence-corrected chi connectivity index (χ0v) is 15.7. The summed E-state index contributed by atoms with van der Waals surface area (Å²) >= 11 is 6.05. The molecule has 0 saturated heterocycles. The van der Waals surface area contributed by atoms with Crippen molar-refractivity contribution in [3.63, 3.8) is 0 Å². The summed E-state index contributed by atoms with van der Waals surface area (Å²) in [5.74, 6) is 1.39. The highest BCUT2D eigenvalue weighted by atomic mass is 35.5. The van der Waals surface area contributed by atoms with Gasteiger partial charge in [0.15, 0.2) is 11.5 Å². The summed E-state index contributed by atoms with van der Waals surface area (Å²) in [7, 11) is 1.76. The summed E-state index contributed by atoms with van der Waals surface area (Å²) < 4.78 is 26.2. The number of benzene rings is 2. The van der Waals surface area contributed by atoms with Gasteiger partial charge in [-0.2, -0.15) is 0 Å². The second-order valence-electron chi connectivity index (χ2n) is 5.72. The molecule has 2 aromatic carbocycles. The minimum Gasteiger partial charge on any atom is -0.490 e. The first-order valence-electron chi connectivity index (χ1n) is 8.35. The van der Waals surface area contributed by atoms with Crippen LogP contribution in [-0.4, -0.2) is 26.8 Å². The first-order valence-corrected chi connectivity index (χ1v) is 8.73. The van der Waals surface area contributed by atoms with Crippen molar-refractivity contribution >= 4 is 17.5 Å². The topological polar surface area (TPSA) is 74.1 Å². The van der Waals surface area contributed by atoms with Crippen molar-refractivity contribution in [1.82, 2.24) is 20.2 Å². The van der Waals surface area contributed by atoms with E-state index < -0.39 is 0 Å². The fourth-order valence-corrected chi connectivity index (χ4v) is 2.63. The number of nitrogens with one attached hydrogen (secondary N) is 1. The predicted molar refractivity (Wildman–Crippen MR) is 99.5 cm³/mol. The fourth-order valence-electron chi connectivity index (χ4n) is 2.40. The molecule has 0 aliphatic heterocycles. The Hall–Kier alpha value is -2.87. The number of nitrogens with zero attached hydrogens (tertiary/aromatic N) is 4. The van der Waals surface area contributed by atoms with Crippen molar-refractivity contribution in [2.75, 3.05) is 11.9 Å². The van der Waals surface area contributed by atoms with Crippen LogP contribution in [0.1, 0.15) is 18.1 Å². The molecule has 0 amide bonds. The maximum atomic E-state index is 13.2. The van der Waals surface area contributed by atoms with E-state index in [9.17, 15) is 4.39 Å². The largest absolute Gasteiger partial charge is 0.490 e. The van der Waals surface area contributed by atoms with Crippen LogP contribution in [0.15, 0.2) is 36.4 Å². The van der Waals surface area contributed by atoms with Gasteiger partial charge in [-0.15, -0.1) is 0 Å². The van der Waals surface area contributed by atoms with Gasteiger partial charge < -0.3 is 14.8 Å². The van der Waals surface area contributed by atoms with Crippen LogP contribution in [0.5, 0.6) is 11.5 Å². The second-order valence-corrected chi connectivity index (χ2v) is 6.13. The first-order chi connectivity index (χ1) is 13.1. The number of rotatable bonds is 8. The Morgan fingerprint density at radius 1 is 1.15 bits per heavy atom. The number of anilines is 1. The van der Waals surface area contributed by atoms with Gasteiger partial charge in [-0.1, -0.05) is 28.8 Å². The average molecular weight is 392 g/mol. The number of aromatic nitrogens is 4. The third kappa shape index (κ3) is 4.85. The van der Waals surface area contributed by atoms with Crippen molar-refractivity contribution in [2.45, 2.75) is 20.1 Å². The summed E-state index contributed by atoms with van der Waals surface area (Å²) in [5, 5.41) is 14.7. The number of aryl methyl sites for hydroxylation is 1. The molecule has 0 spiro atoms. The van der Waals surface area contributed by atoms with Crippen LogP contribution in [0, 0.1) is 5.82 Å². The molecule has 0 atom stereocenters. The Kier molecular flexibility index (Phi) is 6.08. The van der Waals surface area contributed by atoms with Crippen molar-refractivity contribution in [1.29, 1.82) is 0 Å². The van der Waals surface area contributed by atoms with Crippen LogP contribution in [-0.2, 0) is 20.2 Å². The predicted octanol–water partition coefficient (Wildman–Crippen LogP) is 3.59. The Morgan fingerprint density at radius 3 is 2.70 bits per heavy atom. The number of hydrogen-bond acceptors (Lipinski definition) is 6. The van der Waals surface area contributed by atoms with Gasteiger partial charge in [0.05, 0.1) is 11.6 Å². The molecule has 0 radical (unpaired) electrons. The lowest BCUT2D eigenvalue weighted by molar-refractivity contribution is 0.269. The second kappa shape index (κ2) is 8.68. The van der Waals surface area contributed by atoms with Gasteiger partial charge in [0, 0.05) is 19.2 Å². The smallest absolute Gasteiger partial charge is 0.242 e. The van der Waals surface area contributed by atoms with Crippen LogP contribution in [0.2, 0.25) is 5.02 Å². The van der Waals surface area contributed by atoms with E-state index in [0.29, 0.717) is 41.2 Å². The van der Waals surface area contributed by atoms with Crippen LogP contribution in [0.3, 0.4) is 0 Å². The van der Waals surface area contributed by atoms with Gasteiger partial charge in [0.2, 0.25) is 5.95 Å². The molecule has 27 heavy (non-hydrogen) atoms. The number of tetrazole rings is 1. The van der Waals surface area contributed by atoms with Crippen molar-refractivity contribution in [3.8, 4) is 11.5 Å². The highest BCUT2D eigenvalue weighted by molar-refractivity contribution is 6.31. The van der Waals surface area contributed by atoms with E-state index in [1.165, 1.54) is 12.1 Å². The molecule has 0 aliphatic carbocycles. The molecular weight excluding hydrogens is 373 g/mol. The summed E-state index contributed by atoms with van der Waals surface area (Å²) in [6, 6.07) is 9.85. The standard InChI is InChI=1S/C18H19ClFN5O2/c1-3-26-17-8-12(10-21-18-22-23-24-25(18)2)4-7-16(17)27-11-13-5-6-14(20)9-15(13)19/h4-9H,3,10-11H2,1-2H3,(H,21,22,24). The molecule has 3 aromatic rings. The molecule has 0 unspecified atom stereocenters. The minimum absolute atomic E-state index is 0.210. The van der Waals surface area contributed by atoms with Crippen LogP contribution >= 0.6 is 11.6 Å². The van der Waals surface area contributed by atoms with Gasteiger partial charge in [-0.25, -0.2) is 9.07 Å². The van der Waals surface area contributed by atoms with Crippen LogP contribution < -0.4 is 14.8 Å². The molecule has 0 fully saturated rings. The molecule has 1 N–H and O–H groups in total. The minimum atomic E-state index is -0.381. The third-order valence-electron chi connectivity index (χ3n) is 3.78. The number of hydrogen-bond donors (Lipinski definition) is 1. The summed E-state index contributed by atoms with van der Waals surface area (Å²) in [6.07, 6.45) is 0. The normalized spacial score (nSPS) is 10.7. The third-order valence-corrected chi connectivity index (χ3v) is 4.13. The maximum Gasteiger partial charge on any atom is 0.242 e. The molecule has 0 saturated carbocycles. The van der Waals surface area contributed by atoms with E-state index in [4.69, 9.17) is 21.1 Å². The quantitative estimate of drug-likeness (QED) is 0.632. The summed E-state index contributed by atoms with van der Waals surface area (Å²) in [4.78, 5) is 0. The number of halogens is 2. The fraction of sp³-hybridized carbons (Fsp3) is 0.278. The Bertz CT molecular complexity index is 919. The monoisotopic (exact) mass is 391 g/mol. The molecule has 3 rings (SSSR count). The zero-order chi connectivity index (χ0) is 19.2. The van der Waals surface area contributed by atoms with Crippen LogP contribution in [0.25, 0.3) is 0 Å². The molecule has 142 valence electrons. The molecule has 1 aromatic heterocycles. The number of ether oxygens (including phenoxy) is 2. The Balaban J connectivity index is 1.70. The lowest BCUT2D eigenvalue weighted by Crippen LogP contribution is -2.06. The molecule has 0 bridgehead atoms. The zero-order valence-electron chi connectivity index (χ0n) is 14.9. The van der Waals surface area contributed by atoms with Gasteiger partial charge >= 0.3 is 0 Å². The van der Waals surface area contributed by atoms with Gasteiger partial charge in [-0.3, -0.25) is 0 Å². The Morgan fingerprint density at radius 2 is 2.00 bits per heavy atom. The van der Waals surface area contributed by atoms with Crippen molar-refractivity contribution in [3.05, 3.63) is 58.4 Å².